The number of rotatable bonds is 5. The standard InChI is InChI=1S/C11H14BrNO3S/c1-17(15,16)7-3-6-11(14)13-10-5-2-4-9(12)8-10/h2,4-5,8H,3,6-7H2,1H3,(H,13,14). The summed E-state index contributed by atoms with van der Waals surface area (Å²) in [6, 6.07) is 7.24. The molecule has 1 aromatic rings. The minimum Gasteiger partial charge on any atom is -0.326 e. The molecule has 1 aromatic carbocycles. The van der Waals surface area contributed by atoms with E-state index in [1.165, 1.54) is 6.26 Å². The predicted octanol–water partition coefficient (Wildman–Crippen LogP) is 2.21. The number of halogens is 1. The van der Waals surface area contributed by atoms with Gasteiger partial charge >= 0.3 is 0 Å². The van der Waals surface area contributed by atoms with Gasteiger partial charge < -0.3 is 5.32 Å². The minimum atomic E-state index is -2.99. The minimum absolute atomic E-state index is 0.0406. The van der Waals surface area contributed by atoms with E-state index in [1.807, 2.05) is 12.1 Å². The van der Waals surface area contributed by atoms with Crippen molar-refractivity contribution in [2.75, 3.05) is 17.3 Å². The lowest BCUT2D eigenvalue weighted by Gasteiger charge is -2.05. The molecule has 0 spiro atoms. The van der Waals surface area contributed by atoms with Crippen LogP contribution in [0.3, 0.4) is 0 Å². The van der Waals surface area contributed by atoms with Gasteiger partial charge in [-0.1, -0.05) is 22.0 Å². The molecule has 17 heavy (non-hydrogen) atoms. The summed E-state index contributed by atoms with van der Waals surface area (Å²) in [6.45, 7) is 0. The highest BCUT2D eigenvalue weighted by atomic mass is 79.9. The van der Waals surface area contributed by atoms with Crippen molar-refractivity contribution in [3.05, 3.63) is 28.7 Å². The number of sulfone groups is 1. The van der Waals surface area contributed by atoms with Gasteiger partial charge in [0.25, 0.3) is 0 Å². The van der Waals surface area contributed by atoms with Gasteiger partial charge in [-0.15, -0.1) is 0 Å². The summed E-state index contributed by atoms with van der Waals surface area (Å²) in [5.74, 6) is -0.134. The zero-order chi connectivity index (χ0) is 12.9. The third-order valence-electron chi connectivity index (χ3n) is 2.03. The van der Waals surface area contributed by atoms with Crippen molar-refractivity contribution in [2.24, 2.45) is 0 Å². The molecule has 0 aliphatic heterocycles. The van der Waals surface area contributed by atoms with Crippen LogP contribution in [0.1, 0.15) is 12.8 Å². The number of hydrogen-bond donors (Lipinski definition) is 1. The second-order valence-corrected chi connectivity index (χ2v) is 6.97. The van der Waals surface area contributed by atoms with Gasteiger partial charge in [-0.05, 0) is 24.6 Å². The molecule has 0 fully saturated rings. The average Bonchev–Trinajstić information content (AvgIpc) is 2.15. The van der Waals surface area contributed by atoms with Gasteiger partial charge in [0.15, 0.2) is 0 Å². The number of benzene rings is 1. The number of carbonyl (C=O) groups is 1. The summed E-state index contributed by atoms with van der Waals surface area (Å²) in [5.41, 5.74) is 0.698. The fraction of sp³-hybridized carbons (Fsp3) is 0.364. The molecule has 1 N–H and O–H groups in total. The predicted molar refractivity (Wildman–Crippen MR) is 71.7 cm³/mol. The van der Waals surface area contributed by atoms with E-state index in [0.717, 1.165) is 4.47 Å². The Morgan fingerprint density at radius 3 is 2.71 bits per heavy atom. The Labute approximate surface area is 109 Å². The quantitative estimate of drug-likeness (QED) is 0.905. The van der Waals surface area contributed by atoms with Gasteiger partial charge in [0.05, 0.1) is 5.75 Å². The summed E-state index contributed by atoms with van der Waals surface area (Å²) in [4.78, 5) is 11.5. The fourth-order valence-electron chi connectivity index (χ4n) is 1.28. The Balaban J connectivity index is 2.40. The molecule has 0 aliphatic rings. The molecular formula is C11H14BrNO3S. The van der Waals surface area contributed by atoms with E-state index in [-0.39, 0.29) is 18.1 Å². The van der Waals surface area contributed by atoms with Crippen LogP contribution < -0.4 is 5.32 Å². The molecule has 0 aromatic heterocycles. The van der Waals surface area contributed by atoms with Crippen molar-refractivity contribution in [3.8, 4) is 0 Å². The zero-order valence-electron chi connectivity index (χ0n) is 9.44. The maximum atomic E-state index is 11.5. The Kier molecular flexibility index (Phi) is 5.14. The molecule has 0 bridgehead atoms. The van der Waals surface area contributed by atoms with E-state index in [1.54, 1.807) is 12.1 Å². The van der Waals surface area contributed by atoms with E-state index in [9.17, 15) is 13.2 Å². The third-order valence-corrected chi connectivity index (χ3v) is 3.55. The van der Waals surface area contributed by atoms with Gasteiger partial charge in [0, 0.05) is 22.8 Å². The summed E-state index contributed by atoms with van der Waals surface area (Å²) >= 11 is 3.30. The molecule has 0 unspecified atom stereocenters. The van der Waals surface area contributed by atoms with Crippen LogP contribution in [-0.2, 0) is 14.6 Å². The molecule has 0 heterocycles. The van der Waals surface area contributed by atoms with Crippen molar-refractivity contribution in [3.63, 3.8) is 0 Å². The zero-order valence-corrected chi connectivity index (χ0v) is 11.8. The van der Waals surface area contributed by atoms with Crippen molar-refractivity contribution >= 4 is 37.4 Å². The Bertz CT molecular complexity index is 499. The first-order valence-electron chi connectivity index (χ1n) is 5.10. The van der Waals surface area contributed by atoms with Crippen LogP contribution in [0.25, 0.3) is 0 Å². The van der Waals surface area contributed by atoms with Crippen LogP contribution in [0.4, 0.5) is 5.69 Å². The lowest BCUT2D eigenvalue weighted by Crippen LogP contribution is -2.13. The van der Waals surface area contributed by atoms with E-state index in [4.69, 9.17) is 0 Å². The molecule has 6 heteroatoms. The van der Waals surface area contributed by atoms with E-state index < -0.39 is 9.84 Å². The lowest BCUT2D eigenvalue weighted by molar-refractivity contribution is -0.116. The molecule has 0 atom stereocenters. The first kappa shape index (κ1) is 14.2. The summed E-state index contributed by atoms with van der Waals surface area (Å²) in [5, 5.41) is 2.71. The molecule has 0 saturated heterocycles. The summed E-state index contributed by atoms with van der Waals surface area (Å²) in [7, 11) is -2.99. The smallest absolute Gasteiger partial charge is 0.224 e. The van der Waals surface area contributed by atoms with Crippen molar-refractivity contribution in [2.45, 2.75) is 12.8 Å². The highest BCUT2D eigenvalue weighted by Crippen LogP contribution is 2.15. The molecular weight excluding hydrogens is 306 g/mol. The van der Waals surface area contributed by atoms with E-state index >= 15 is 0 Å². The summed E-state index contributed by atoms with van der Waals surface area (Å²) in [6.07, 6.45) is 1.72. The molecule has 4 nitrogen and oxygen atoms in total. The first-order chi connectivity index (χ1) is 7.87. The number of amides is 1. The van der Waals surface area contributed by atoms with Crippen LogP contribution in [0.15, 0.2) is 28.7 Å². The molecule has 0 saturated carbocycles. The SMILES string of the molecule is CS(=O)(=O)CCCC(=O)Nc1cccc(Br)c1. The van der Waals surface area contributed by atoms with Crippen molar-refractivity contribution in [1.29, 1.82) is 0 Å². The van der Waals surface area contributed by atoms with Gasteiger partial charge in [0.2, 0.25) is 5.91 Å². The van der Waals surface area contributed by atoms with Gasteiger partial charge in [-0.3, -0.25) is 4.79 Å². The Morgan fingerprint density at radius 1 is 1.41 bits per heavy atom. The highest BCUT2D eigenvalue weighted by molar-refractivity contribution is 9.10. The highest BCUT2D eigenvalue weighted by Gasteiger charge is 2.06. The first-order valence-corrected chi connectivity index (χ1v) is 7.95. The second-order valence-electron chi connectivity index (χ2n) is 3.79. The molecule has 1 amide bonds. The van der Waals surface area contributed by atoms with E-state index in [0.29, 0.717) is 12.1 Å². The topological polar surface area (TPSA) is 63.2 Å². The summed E-state index contributed by atoms with van der Waals surface area (Å²) < 4.78 is 22.6. The average molecular weight is 320 g/mol. The van der Waals surface area contributed by atoms with Gasteiger partial charge in [0.1, 0.15) is 9.84 Å². The van der Waals surface area contributed by atoms with Crippen molar-refractivity contribution in [1.82, 2.24) is 0 Å². The van der Waals surface area contributed by atoms with Crippen LogP contribution >= 0.6 is 15.9 Å². The van der Waals surface area contributed by atoms with Crippen LogP contribution in [0, 0.1) is 0 Å². The van der Waals surface area contributed by atoms with Gasteiger partial charge in [-0.25, -0.2) is 8.42 Å². The molecule has 1 rings (SSSR count). The van der Waals surface area contributed by atoms with Gasteiger partial charge in [-0.2, -0.15) is 0 Å². The third kappa shape index (κ3) is 6.43. The van der Waals surface area contributed by atoms with Crippen LogP contribution in [0.5, 0.6) is 0 Å². The molecule has 0 aliphatic carbocycles. The number of nitrogens with one attached hydrogen (secondary N) is 1. The monoisotopic (exact) mass is 319 g/mol. The number of anilines is 1. The van der Waals surface area contributed by atoms with E-state index in [2.05, 4.69) is 21.2 Å². The Hall–Kier alpha value is -0.880. The van der Waals surface area contributed by atoms with Crippen molar-refractivity contribution < 1.29 is 13.2 Å². The lowest BCUT2D eigenvalue weighted by atomic mass is 10.3. The van der Waals surface area contributed by atoms with Crippen LogP contribution in [0.2, 0.25) is 0 Å². The Morgan fingerprint density at radius 2 is 2.12 bits per heavy atom. The maximum Gasteiger partial charge on any atom is 0.224 e. The second kappa shape index (κ2) is 6.16. The maximum absolute atomic E-state index is 11.5. The number of carbonyl (C=O) groups excluding carboxylic acids is 1. The van der Waals surface area contributed by atoms with Crippen LogP contribution in [-0.4, -0.2) is 26.3 Å². The largest absolute Gasteiger partial charge is 0.326 e. The normalized spacial score (nSPS) is 11.2. The molecule has 94 valence electrons. The number of hydrogen-bond acceptors (Lipinski definition) is 3. The fourth-order valence-corrected chi connectivity index (χ4v) is 2.35. The molecule has 0 radical (unpaired) electrons.